The summed E-state index contributed by atoms with van der Waals surface area (Å²) in [5, 5.41) is 4.91. The molecule has 1 N–H and O–H groups in total. The lowest BCUT2D eigenvalue weighted by molar-refractivity contribution is 0.699. The maximum atomic E-state index is 13.0. The molecule has 0 atom stereocenters. The van der Waals surface area contributed by atoms with Gasteiger partial charge >= 0.3 is 0 Å². The second-order valence-electron chi connectivity index (χ2n) is 7.96. The lowest BCUT2D eigenvalue weighted by Gasteiger charge is -2.11. The molecule has 0 aliphatic heterocycles. The van der Waals surface area contributed by atoms with Crippen molar-refractivity contribution in [3.05, 3.63) is 68.2 Å². The van der Waals surface area contributed by atoms with E-state index in [4.69, 9.17) is 15.0 Å². The third-order valence-corrected chi connectivity index (χ3v) is 8.86. The molecule has 4 heterocycles. The van der Waals surface area contributed by atoms with E-state index in [-0.39, 0.29) is 5.56 Å². The Morgan fingerprint density at radius 2 is 1.88 bits per heavy atom. The molecule has 0 fully saturated rings. The second kappa shape index (κ2) is 8.10. The first kappa shape index (κ1) is 20.1. The van der Waals surface area contributed by atoms with Gasteiger partial charge in [-0.2, -0.15) is 0 Å². The van der Waals surface area contributed by atoms with Crippen LogP contribution in [-0.4, -0.2) is 19.9 Å². The van der Waals surface area contributed by atoms with E-state index in [9.17, 15) is 4.79 Å². The number of H-pyrrole nitrogens is 1. The fourth-order valence-corrected chi connectivity index (χ4v) is 7.67. The summed E-state index contributed by atoms with van der Waals surface area (Å²) in [7, 11) is 0. The Hall–Kier alpha value is -2.55. The van der Waals surface area contributed by atoms with Crippen molar-refractivity contribution in [1.82, 2.24) is 19.9 Å². The summed E-state index contributed by atoms with van der Waals surface area (Å²) < 4.78 is 0. The Bertz CT molecular complexity index is 1520. The summed E-state index contributed by atoms with van der Waals surface area (Å²) in [6.07, 6.45) is 4.73. The van der Waals surface area contributed by atoms with Crippen molar-refractivity contribution >= 4 is 54.9 Å². The highest BCUT2D eigenvalue weighted by molar-refractivity contribution is 7.98. The van der Waals surface area contributed by atoms with E-state index in [2.05, 4.69) is 4.98 Å². The van der Waals surface area contributed by atoms with Crippen molar-refractivity contribution in [1.29, 1.82) is 0 Å². The van der Waals surface area contributed by atoms with Crippen LogP contribution in [0.3, 0.4) is 0 Å². The molecule has 0 radical (unpaired) electrons. The summed E-state index contributed by atoms with van der Waals surface area (Å²) in [5.74, 6) is 2.05. The lowest BCUT2D eigenvalue weighted by atomic mass is 9.97. The number of rotatable bonds is 4. The van der Waals surface area contributed by atoms with Crippen LogP contribution in [0.2, 0.25) is 0 Å². The maximum Gasteiger partial charge on any atom is 0.260 e. The van der Waals surface area contributed by atoms with Crippen LogP contribution in [0.25, 0.3) is 31.6 Å². The minimum absolute atomic E-state index is 0.0809. The maximum absolute atomic E-state index is 13.0. The van der Waals surface area contributed by atoms with E-state index in [1.807, 2.05) is 54.0 Å². The highest BCUT2D eigenvalue weighted by Gasteiger charge is 2.21. The molecule has 0 amide bonds. The summed E-state index contributed by atoms with van der Waals surface area (Å²) in [6.45, 7) is 1.95. The molecule has 0 spiro atoms. The van der Waals surface area contributed by atoms with Crippen molar-refractivity contribution in [2.75, 3.05) is 0 Å². The van der Waals surface area contributed by atoms with Gasteiger partial charge in [-0.3, -0.25) is 4.79 Å². The number of hydrogen-bond acceptors (Lipinski definition) is 7. The largest absolute Gasteiger partial charge is 0.309 e. The monoisotopic (exact) mass is 476 g/mol. The molecule has 5 nitrogen and oxygen atoms in total. The minimum atomic E-state index is -0.0809. The Morgan fingerprint density at radius 3 is 2.75 bits per heavy atom. The average Bonchev–Trinajstić information content (AvgIpc) is 3.39. The molecule has 32 heavy (non-hydrogen) atoms. The Kier molecular flexibility index (Phi) is 5.08. The molecule has 1 aliphatic rings. The highest BCUT2D eigenvalue weighted by atomic mass is 32.2. The van der Waals surface area contributed by atoms with E-state index in [0.29, 0.717) is 17.0 Å². The SMILES string of the molecule is Cc1nc(SCc2nc3scc(-c4ccccc4)c3c(=O)[nH]2)c2c3c(sc2n1)CCCC3. The second-order valence-corrected chi connectivity index (χ2v) is 10.9. The molecule has 1 aliphatic carbocycles. The summed E-state index contributed by atoms with van der Waals surface area (Å²) in [6, 6.07) is 9.99. The quantitative estimate of drug-likeness (QED) is 0.249. The van der Waals surface area contributed by atoms with Crippen molar-refractivity contribution in [3.63, 3.8) is 0 Å². The van der Waals surface area contributed by atoms with Crippen LogP contribution in [-0.2, 0) is 18.6 Å². The highest BCUT2D eigenvalue weighted by Crippen LogP contribution is 2.40. The van der Waals surface area contributed by atoms with Crippen LogP contribution in [0.1, 0.15) is 34.9 Å². The van der Waals surface area contributed by atoms with E-state index >= 15 is 0 Å². The number of hydrogen-bond donors (Lipinski definition) is 1. The van der Waals surface area contributed by atoms with Crippen LogP contribution in [0.5, 0.6) is 0 Å². The number of benzene rings is 1. The van der Waals surface area contributed by atoms with Gasteiger partial charge in [0.15, 0.2) is 0 Å². The van der Waals surface area contributed by atoms with Crippen molar-refractivity contribution in [3.8, 4) is 11.1 Å². The van der Waals surface area contributed by atoms with Crippen molar-refractivity contribution < 1.29 is 0 Å². The van der Waals surface area contributed by atoms with Gasteiger partial charge in [0.05, 0.1) is 11.1 Å². The molecule has 0 bridgehead atoms. The lowest BCUT2D eigenvalue weighted by Crippen LogP contribution is -2.10. The summed E-state index contributed by atoms with van der Waals surface area (Å²) in [5.41, 5.74) is 3.33. The standard InChI is InChI=1S/C24H20N4OS3/c1-13-25-23(20-15-9-5-6-10-17(15)32-24(20)26-13)31-12-18-27-21(29)19-16(11-30-22(19)28-18)14-7-3-2-4-8-14/h2-4,7-8,11H,5-6,9-10,12H2,1H3,(H,27,28,29). The summed E-state index contributed by atoms with van der Waals surface area (Å²) in [4.78, 5) is 33.6. The first-order valence-electron chi connectivity index (χ1n) is 10.6. The zero-order valence-electron chi connectivity index (χ0n) is 17.5. The first-order chi connectivity index (χ1) is 15.7. The smallest absolute Gasteiger partial charge is 0.260 e. The molecule has 8 heteroatoms. The van der Waals surface area contributed by atoms with E-state index in [1.54, 1.807) is 11.8 Å². The van der Waals surface area contributed by atoms with Crippen LogP contribution in [0, 0.1) is 6.92 Å². The van der Waals surface area contributed by atoms with Gasteiger partial charge in [-0.1, -0.05) is 42.1 Å². The van der Waals surface area contributed by atoms with Gasteiger partial charge < -0.3 is 4.98 Å². The fourth-order valence-electron chi connectivity index (χ4n) is 4.36. The van der Waals surface area contributed by atoms with Gasteiger partial charge in [0, 0.05) is 21.2 Å². The van der Waals surface area contributed by atoms with Gasteiger partial charge in [-0.25, -0.2) is 15.0 Å². The number of thioether (sulfide) groups is 1. The van der Waals surface area contributed by atoms with Crippen molar-refractivity contribution in [2.24, 2.45) is 0 Å². The Balaban J connectivity index is 1.35. The molecule has 4 aromatic heterocycles. The fraction of sp³-hybridized carbons (Fsp3) is 0.250. The number of aryl methyl sites for hydroxylation is 3. The molecular formula is C24H20N4OS3. The topological polar surface area (TPSA) is 71.5 Å². The average molecular weight is 477 g/mol. The van der Waals surface area contributed by atoms with Crippen LogP contribution >= 0.6 is 34.4 Å². The Morgan fingerprint density at radius 1 is 1.03 bits per heavy atom. The van der Waals surface area contributed by atoms with Crippen LogP contribution in [0.4, 0.5) is 0 Å². The molecule has 160 valence electrons. The van der Waals surface area contributed by atoms with Gasteiger partial charge in [0.2, 0.25) is 0 Å². The van der Waals surface area contributed by atoms with E-state index < -0.39 is 0 Å². The minimum Gasteiger partial charge on any atom is -0.309 e. The van der Waals surface area contributed by atoms with Crippen molar-refractivity contribution in [2.45, 2.75) is 43.4 Å². The van der Waals surface area contributed by atoms with E-state index in [0.717, 1.165) is 44.5 Å². The molecule has 1 aromatic carbocycles. The zero-order chi connectivity index (χ0) is 21.7. The number of nitrogens with one attached hydrogen (secondary N) is 1. The third kappa shape index (κ3) is 3.46. The third-order valence-electron chi connectivity index (χ3n) is 5.82. The van der Waals surface area contributed by atoms with Crippen LogP contribution in [0.15, 0.2) is 45.5 Å². The van der Waals surface area contributed by atoms with Gasteiger partial charge in [0.25, 0.3) is 5.56 Å². The molecule has 0 unspecified atom stereocenters. The molecule has 6 rings (SSSR count). The first-order valence-corrected chi connectivity index (χ1v) is 13.3. The molecule has 5 aromatic rings. The Labute approximate surface area is 197 Å². The zero-order valence-corrected chi connectivity index (χ0v) is 19.9. The van der Waals surface area contributed by atoms with Crippen LogP contribution < -0.4 is 5.56 Å². The number of aromatic amines is 1. The molecular weight excluding hydrogens is 456 g/mol. The van der Waals surface area contributed by atoms with E-state index in [1.165, 1.54) is 40.0 Å². The summed E-state index contributed by atoms with van der Waals surface area (Å²) >= 11 is 4.98. The van der Waals surface area contributed by atoms with Gasteiger partial charge in [-0.05, 0) is 43.7 Å². The predicted molar refractivity (Wildman–Crippen MR) is 134 cm³/mol. The van der Waals surface area contributed by atoms with Gasteiger partial charge in [-0.15, -0.1) is 22.7 Å². The molecule has 0 saturated carbocycles. The van der Waals surface area contributed by atoms with Gasteiger partial charge in [0.1, 0.15) is 26.3 Å². The predicted octanol–water partition coefficient (Wildman–Crippen LogP) is 6.14. The molecule has 0 saturated heterocycles. The number of nitrogens with zero attached hydrogens (tertiary/aromatic N) is 3. The number of thiophene rings is 2. The number of fused-ring (bicyclic) bond motifs is 4. The number of aromatic nitrogens is 4. The normalized spacial score (nSPS) is 13.7.